The van der Waals surface area contributed by atoms with Crippen LogP contribution in [0.5, 0.6) is 0 Å². The lowest BCUT2D eigenvalue weighted by Gasteiger charge is -2.33. The third-order valence-corrected chi connectivity index (χ3v) is 7.09. The van der Waals surface area contributed by atoms with Gasteiger partial charge < -0.3 is 5.73 Å². The van der Waals surface area contributed by atoms with Crippen molar-refractivity contribution in [2.45, 2.75) is 45.2 Å². The zero-order chi connectivity index (χ0) is 20.3. The highest BCUT2D eigenvalue weighted by Gasteiger charge is 2.36. The predicted molar refractivity (Wildman–Crippen MR) is 117 cm³/mol. The van der Waals surface area contributed by atoms with Crippen LogP contribution in [0, 0.1) is 12.8 Å². The van der Waals surface area contributed by atoms with Crippen molar-refractivity contribution in [3.63, 3.8) is 0 Å². The monoisotopic (exact) mass is 407 g/mol. The number of amides is 1. The number of aromatic nitrogens is 2. The molecule has 1 amide bonds. The van der Waals surface area contributed by atoms with Gasteiger partial charge in [0.05, 0.1) is 22.4 Å². The molecule has 5 rings (SSSR count). The normalized spacial score (nSPS) is 22.4. The molecule has 0 saturated heterocycles. The fraction of sp³-hybridized carbons (Fsp3) is 0.409. The van der Waals surface area contributed by atoms with Gasteiger partial charge in [-0.05, 0) is 61.2 Å². The highest BCUT2D eigenvalue weighted by molar-refractivity contribution is 7.13. The molecule has 1 saturated carbocycles. The molecule has 1 aromatic carbocycles. The number of aryl methyl sites for hydroxylation is 1. The Hall–Kier alpha value is -2.67. The van der Waals surface area contributed by atoms with Crippen LogP contribution in [0.1, 0.15) is 37.3 Å². The van der Waals surface area contributed by atoms with E-state index in [4.69, 9.17) is 10.8 Å². The lowest BCUT2D eigenvalue weighted by atomic mass is 9.87. The number of carbonyl (C=O) groups excluding carboxylic acids is 1. The van der Waals surface area contributed by atoms with Gasteiger partial charge in [-0.2, -0.15) is 5.10 Å². The molecule has 1 aliphatic carbocycles. The zero-order valence-electron chi connectivity index (χ0n) is 17.0. The first kappa shape index (κ1) is 18.4. The Balaban J connectivity index is 1.65. The van der Waals surface area contributed by atoms with Crippen LogP contribution in [0.15, 0.2) is 34.6 Å². The maximum atomic E-state index is 12.4. The summed E-state index contributed by atoms with van der Waals surface area (Å²) < 4.78 is 2.15. The van der Waals surface area contributed by atoms with Crippen LogP contribution < -0.4 is 5.73 Å². The van der Waals surface area contributed by atoms with Gasteiger partial charge in [0.15, 0.2) is 5.96 Å². The molecule has 3 aromatic rings. The number of hydrogen-bond acceptors (Lipinski definition) is 5. The molecule has 1 atom stereocenters. The second-order valence-electron chi connectivity index (χ2n) is 8.57. The summed E-state index contributed by atoms with van der Waals surface area (Å²) in [5, 5.41) is 8.31. The van der Waals surface area contributed by atoms with Gasteiger partial charge in [-0.3, -0.25) is 14.4 Å². The molecular formula is C22H25N5OS. The first-order chi connectivity index (χ1) is 13.8. The molecule has 3 heterocycles. The van der Waals surface area contributed by atoms with Gasteiger partial charge in [-0.25, -0.2) is 4.99 Å². The van der Waals surface area contributed by atoms with E-state index in [1.54, 1.807) is 18.4 Å². The minimum atomic E-state index is -0.657. The van der Waals surface area contributed by atoms with Crippen molar-refractivity contribution in [2.75, 3.05) is 7.05 Å². The van der Waals surface area contributed by atoms with Crippen LogP contribution in [0.4, 0.5) is 0 Å². The number of rotatable bonds is 4. The van der Waals surface area contributed by atoms with E-state index in [1.165, 1.54) is 28.2 Å². The van der Waals surface area contributed by atoms with Crippen LogP contribution in [-0.4, -0.2) is 33.6 Å². The Bertz CT molecular complexity index is 1160. The predicted octanol–water partition coefficient (Wildman–Crippen LogP) is 3.88. The molecule has 2 N–H and O–H groups in total. The summed E-state index contributed by atoms with van der Waals surface area (Å²) in [6, 6.07) is 8.56. The highest BCUT2D eigenvalue weighted by Crippen LogP contribution is 2.39. The first-order valence-corrected chi connectivity index (χ1v) is 10.9. The van der Waals surface area contributed by atoms with Gasteiger partial charge >= 0.3 is 0 Å². The van der Waals surface area contributed by atoms with Crippen molar-refractivity contribution < 1.29 is 4.79 Å². The first-order valence-electron chi connectivity index (χ1n) is 10.0. The maximum Gasteiger partial charge on any atom is 0.231 e. The Morgan fingerprint density at radius 2 is 2.10 bits per heavy atom. The lowest BCUT2D eigenvalue weighted by molar-refractivity contribution is -0.128. The van der Waals surface area contributed by atoms with Crippen molar-refractivity contribution in [2.24, 2.45) is 16.6 Å². The SMILES string of the molecule is Cc1csc(-c2nn(CC3CC3)c3cc([C@]4(C)CC(=O)N(C)C(N)=N4)ccc23)c1. The molecule has 150 valence electrons. The molecular weight excluding hydrogens is 382 g/mol. The summed E-state index contributed by atoms with van der Waals surface area (Å²) in [6.45, 7) is 5.03. The minimum Gasteiger partial charge on any atom is -0.369 e. The topological polar surface area (TPSA) is 76.5 Å². The fourth-order valence-electron chi connectivity index (χ4n) is 4.01. The van der Waals surface area contributed by atoms with Gasteiger partial charge in [0.2, 0.25) is 5.91 Å². The molecule has 0 radical (unpaired) electrons. The van der Waals surface area contributed by atoms with Crippen molar-refractivity contribution in [1.29, 1.82) is 0 Å². The van der Waals surface area contributed by atoms with Crippen molar-refractivity contribution in [3.05, 3.63) is 40.8 Å². The number of benzene rings is 1. The number of fused-ring (bicyclic) bond motifs is 1. The van der Waals surface area contributed by atoms with Gasteiger partial charge in [0, 0.05) is 19.0 Å². The van der Waals surface area contributed by atoms with Gasteiger partial charge in [-0.15, -0.1) is 11.3 Å². The Morgan fingerprint density at radius 1 is 1.31 bits per heavy atom. The second kappa shape index (κ2) is 6.42. The summed E-state index contributed by atoms with van der Waals surface area (Å²) in [7, 11) is 1.67. The molecule has 7 heteroatoms. The lowest BCUT2D eigenvalue weighted by Crippen LogP contribution is -2.47. The molecule has 2 aromatic heterocycles. The summed E-state index contributed by atoms with van der Waals surface area (Å²) in [5.41, 5.74) is 9.77. The van der Waals surface area contributed by atoms with Crippen LogP contribution in [-0.2, 0) is 16.9 Å². The molecule has 6 nitrogen and oxygen atoms in total. The Labute approximate surface area is 174 Å². The van der Waals surface area contributed by atoms with E-state index in [1.807, 2.05) is 6.92 Å². The summed E-state index contributed by atoms with van der Waals surface area (Å²) in [6.07, 6.45) is 2.85. The number of aliphatic imine (C=N–C) groups is 1. The van der Waals surface area contributed by atoms with E-state index in [-0.39, 0.29) is 11.9 Å². The van der Waals surface area contributed by atoms with Crippen LogP contribution >= 0.6 is 11.3 Å². The number of carbonyl (C=O) groups is 1. The van der Waals surface area contributed by atoms with Gasteiger partial charge in [0.1, 0.15) is 5.69 Å². The third kappa shape index (κ3) is 3.13. The fourth-order valence-corrected chi connectivity index (χ4v) is 4.90. The molecule has 0 bridgehead atoms. The molecule has 2 aliphatic rings. The molecule has 29 heavy (non-hydrogen) atoms. The van der Waals surface area contributed by atoms with Crippen LogP contribution in [0.2, 0.25) is 0 Å². The highest BCUT2D eigenvalue weighted by atomic mass is 32.1. The van der Waals surface area contributed by atoms with Crippen LogP contribution in [0.25, 0.3) is 21.5 Å². The maximum absolute atomic E-state index is 12.4. The van der Waals surface area contributed by atoms with Crippen molar-refractivity contribution in [3.8, 4) is 10.6 Å². The number of hydrogen-bond donors (Lipinski definition) is 1. The van der Waals surface area contributed by atoms with E-state index in [2.05, 4.69) is 46.2 Å². The summed E-state index contributed by atoms with van der Waals surface area (Å²) >= 11 is 1.73. The summed E-state index contributed by atoms with van der Waals surface area (Å²) in [4.78, 5) is 19.7. The summed E-state index contributed by atoms with van der Waals surface area (Å²) in [5.74, 6) is 0.972. The largest absolute Gasteiger partial charge is 0.369 e. The van der Waals surface area contributed by atoms with E-state index >= 15 is 0 Å². The molecule has 1 fully saturated rings. The van der Waals surface area contributed by atoms with E-state index < -0.39 is 5.54 Å². The van der Waals surface area contributed by atoms with Crippen LogP contribution in [0.3, 0.4) is 0 Å². The number of guanidine groups is 1. The van der Waals surface area contributed by atoms with E-state index in [0.717, 1.165) is 28.7 Å². The average Bonchev–Trinajstić information content (AvgIpc) is 3.28. The smallest absolute Gasteiger partial charge is 0.231 e. The van der Waals surface area contributed by atoms with E-state index in [9.17, 15) is 4.79 Å². The molecule has 0 unspecified atom stereocenters. The average molecular weight is 408 g/mol. The van der Waals surface area contributed by atoms with Crippen molar-refractivity contribution in [1.82, 2.24) is 14.7 Å². The number of thiophene rings is 1. The molecule has 1 aliphatic heterocycles. The number of nitrogens with two attached hydrogens (primary N) is 1. The number of nitrogens with zero attached hydrogens (tertiary/aromatic N) is 4. The minimum absolute atomic E-state index is 0.0127. The van der Waals surface area contributed by atoms with Crippen molar-refractivity contribution >= 4 is 34.1 Å². The van der Waals surface area contributed by atoms with Gasteiger partial charge in [-0.1, -0.05) is 12.1 Å². The standard InChI is InChI=1S/C22H25N5OS/c1-13-8-18(29-12-13)20-16-7-6-15(9-17(16)27(25-20)11-14-4-5-14)22(2)10-19(28)26(3)21(23)24-22/h6-9,12,14H,4-5,10-11H2,1-3H3,(H2,23,24)/t22-/m0/s1. The van der Waals surface area contributed by atoms with Gasteiger partial charge in [0.25, 0.3) is 0 Å². The zero-order valence-corrected chi connectivity index (χ0v) is 17.8. The van der Waals surface area contributed by atoms with E-state index in [0.29, 0.717) is 12.3 Å². The molecule has 0 spiro atoms. The third-order valence-electron chi connectivity index (χ3n) is 6.04. The second-order valence-corrected chi connectivity index (χ2v) is 9.48. The Kier molecular flexibility index (Phi) is 4.07. The Morgan fingerprint density at radius 3 is 2.76 bits per heavy atom. The quantitative estimate of drug-likeness (QED) is 0.713.